The minimum atomic E-state index is -0.423. The molecular weight excluding hydrogens is 432 g/mol. The normalized spacial score (nSPS) is 16.1. The summed E-state index contributed by atoms with van der Waals surface area (Å²) in [6, 6.07) is 14.6. The first-order valence-electron chi connectivity index (χ1n) is 10.0. The predicted molar refractivity (Wildman–Crippen MR) is 116 cm³/mol. The van der Waals surface area contributed by atoms with E-state index in [0.717, 1.165) is 29.7 Å². The molecule has 4 rings (SSSR count). The highest BCUT2D eigenvalue weighted by molar-refractivity contribution is 9.10. The second-order valence-corrected chi connectivity index (χ2v) is 8.25. The van der Waals surface area contributed by atoms with Gasteiger partial charge in [-0.05, 0) is 37.6 Å². The Morgan fingerprint density at radius 2 is 1.79 bits per heavy atom. The summed E-state index contributed by atoms with van der Waals surface area (Å²) in [4.78, 5) is 29.9. The van der Waals surface area contributed by atoms with E-state index in [2.05, 4.69) is 29.8 Å². The standard InChI is InChI=1S/C23H23BrN2O3/c1-3-25(4-2)12-13-26-20(15-8-6-5-7-9-15)19-21(27)17-14-16(24)10-11-18(17)29-22(19)23(26)28/h5-11,14,20H,3-4,12-13H2,1-2H3/p+1. The molecule has 6 heteroatoms. The Labute approximate surface area is 178 Å². The van der Waals surface area contributed by atoms with Gasteiger partial charge in [0.15, 0.2) is 5.43 Å². The van der Waals surface area contributed by atoms with Gasteiger partial charge in [0.25, 0.3) is 5.91 Å². The Kier molecular flexibility index (Phi) is 5.56. The molecule has 1 aliphatic rings. The number of nitrogens with one attached hydrogen (secondary N) is 1. The van der Waals surface area contributed by atoms with Crippen molar-refractivity contribution in [3.8, 4) is 0 Å². The third kappa shape index (κ3) is 3.51. The Balaban J connectivity index is 1.87. The number of halogens is 1. The van der Waals surface area contributed by atoms with Crippen LogP contribution in [0.15, 0.2) is 62.2 Å². The smallest absolute Gasteiger partial charge is 0.291 e. The number of hydrogen-bond acceptors (Lipinski definition) is 3. The summed E-state index contributed by atoms with van der Waals surface area (Å²) in [5.74, 6) is -0.0319. The number of carbonyl (C=O) groups excluding carboxylic acids is 1. The molecule has 5 nitrogen and oxygen atoms in total. The lowest BCUT2D eigenvalue weighted by atomic mass is 9.98. The van der Waals surface area contributed by atoms with Crippen molar-refractivity contribution in [3.05, 3.63) is 80.1 Å². The number of carbonyl (C=O) groups is 1. The van der Waals surface area contributed by atoms with Gasteiger partial charge in [-0.2, -0.15) is 0 Å². The van der Waals surface area contributed by atoms with Crippen LogP contribution >= 0.6 is 15.9 Å². The van der Waals surface area contributed by atoms with Gasteiger partial charge in [-0.3, -0.25) is 9.59 Å². The van der Waals surface area contributed by atoms with Gasteiger partial charge in [0.05, 0.1) is 43.2 Å². The van der Waals surface area contributed by atoms with E-state index in [1.54, 1.807) is 17.0 Å². The third-order valence-electron chi connectivity index (χ3n) is 5.75. The summed E-state index contributed by atoms with van der Waals surface area (Å²) in [5, 5.41) is 0.489. The molecule has 0 aliphatic carbocycles. The SMILES string of the molecule is CC[NH+](CC)CCN1C(=O)c2oc3ccc(Br)cc3c(=O)c2C1c1ccccc1. The van der Waals surface area contributed by atoms with Gasteiger partial charge in [0, 0.05) is 4.47 Å². The molecule has 1 amide bonds. The molecule has 1 aromatic heterocycles. The number of fused-ring (bicyclic) bond motifs is 2. The van der Waals surface area contributed by atoms with E-state index in [0.29, 0.717) is 23.1 Å². The Morgan fingerprint density at radius 3 is 2.48 bits per heavy atom. The molecule has 0 spiro atoms. The summed E-state index contributed by atoms with van der Waals surface area (Å²) >= 11 is 3.43. The fraction of sp³-hybridized carbons (Fsp3) is 0.304. The number of quaternary nitrogens is 1. The molecule has 0 saturated heterocycles. The van der Waals surface area contributed by atoms with E-state index in [9.17, 15) is 9.59 Å². The van der Waals surface area contributed by atoms with Crippen LogP contribution in [-0.4, -0.2) is 37.0 Å². The molecule has 1 unspecified atom stereocenters. The third-order valence-corrected chi connectivity index (χ3v) is 6.24. The van der Waals surface area contributed by atoms with Gasteiger partial charge in [-0.1, -0.05) is 46.3 Å². The van der Waals surface area contributed by atoms with Crippen molar-refractivity contribution in [1.82, 2.24) is 4.90 Å². The molecule has 150 valence electrons. The predicted octanol–water partition coefficient (Wildman–Crippen LogP) is 3.03. The van der Waals surface area contributed by atoms with Crippen molar-refractivity contribution < 1.29 is 14.1 Å². The first-order chi connectivity index (χ1) is 14.0. The van der Waals surface area contributed by atoms with Crippen molar-refractivity contribution in [2.24, 2.45) is 0 Å². The largest absolute Gasteiger partial charge is 0.450 e. The Bertz CT molecular complexity index is 1110. The zero-order valence-electron chi connectivity index (χ0n) is 16.6. The second kappa shape index (κ2) is 8.13. The summed E-state index contributed by atoms with van der Waals surface area (Å²) in [7, 11) is 0. The highest BCUT2D eigenvalue weighted by atomic mass is 79.9. The van der Waals surface area contributed by atoms with Crippen LogP contribution < -0.4 is 10.3 Å². The summed E-state index contributed by atoms with van der Waals surface area (Å²) in [6.45, 7) is 7.68. The molecule has 0 saturated carbocycles. The number of amides is 1. The van der Waals surface area contributed by atoms with Gasteiger partial charge < -0.3 is 14.2 Å². The molecule has 2 heterocycles. The molecule has 2 aromatic carbocycles. The average Bonchev–Trinajstić information content (AvgIpc) is 3.02. The maximum Gasteiger partial charge on any atom is 0.291 e. The maximum atomic E-state index is 13.4. The van der Waals surface area contributed by atoms with Crippen molar-refractivity contribution in [1.29, 1.82) is 0 Å². The van der Waals surface area contributed by atoms with Gasteiger partial charge >= 0.3 is 0 Å². The van der Waals surface area contributed by atoms with E-state index < -0.39 is 6.04 Å². The molecule has 29 heavy (non-hydrogen) atoms. The zero-order valence-corrected chi connectivity index (χ0v) is 18.2. The van der Waals surface area contributed by atoms with Crippen LogP contribution in [0.1, 0.15) is 41.6 Å². The molecule has 1 aliphatic heterocycles. The number of benzene rings is 2. The van der Waals surface area contributed by atoms with Crippen LogP contribution in [-0.2, 0) is 0 Å². The monoisotopic (exact) mass is 455 g/mol. The topological polar surface area (TPSA) is 55.0 Å². The second-order valence-electron chi connectivity index (χ2n) is 7.33. The highest BCUT2D eigenvalue weighted by Gasteiger charge is 2.42. The van der Waals surface area contributed by atoms with Crippen LogP contribution in [0.3, 0.4) is 0 Å². The van der Waals surface area contributed by atoms with Crippen LogP contribution in [0.5, 0.6) is 0 Å². The van der Waals surface area contributed by atoms with E-state index in [1.165, 1.54) is 4.90 Å². The van der Waals surface area contributed by atoms with Crippen LogP contribution in [0, 0.1) is 0 Å². The number of nitrogens with zero attached hydrogens (tertiary/aromatic N) is 1. The van der Waals surface area contributed by atoms with E-state index in [1.807, 2.05) is 36.4 Å². The number of likely N-dealkylation sites (N-methyl/N-ethyl adjacent to an activating group) is 1. The molecule has 0 radical (unpaired) electrons. The molecule has 0 fully saturated rings. The van der Waals surface area contributed by atoms with Crippen molar-refractivity contribution in [2.45, 2.75) is 19.9 Å². The summed E-state index contributed by atoms with van der Waals surface area (Å²) in [5.41, 5.74) is 1.67. The fourth-order valence-electron chi connectivity index (χ4n) is 4.09. The first kappa shape index (κ1) is 19.9. The van der Waals surface area contributed by atoms with Gasteiger partial charge in [0.1, 0.15) is 5.58 Å². The summed E-state index contributed by atoms with van der Waals surface area (Å²) < 4.78 is 6.78. The van der Waals surface area contributed by atoms with E-state index in [-0.39, 0.29) is 17.1 Å². The number of hydrogen-bond donors (Lipinski definition) is 1. The molecule has 1 N–H and O–H groups in total. The molecule has 3 aromatic rings. The Hall–Kier alpha value is -2.44. The lowest BCUT2D eigenvalue weighted by molar-refractivity contribution is -0.895. The van der Waals surface area contributed by atoms with Gasteiger partial charge in [0.2, 0.25) is 5.76 Å². The average molecular weight is 456 g/mol. The Morgan fingerprint density at radius 1 is 1.07 bits per heavy atom. The van der Waals surface area contributed by atoms with Crippen molar-refractivity contribution in [2.75, 3.05) is 26.2 Å². The molecule has 0 bridgehead atoms. The number of rotatable bonds is 6. The quantitative estimate of drug-likeness (QED) is 0.621. The molecule has 1 atom stereocenters. The lowest BCUT2D eigenvalue weighted by Crippen LogP contribution is -3.12. The maximum absolute atomic E-state index is 13.4. The van der Waals surface area contributed by atoms with Gasteiger partial charge in [-0.15, -0.1) is 0 Å². The van der Waals surface area contributed by atoms with Crippen molar-refractivity contribution in [3.63, 3.8) is 0 Å². The fourth-order valence-corrected chi connectivity index (χ4v) is 4.45. The lowest BCUT2D eigenvalue weighted by Gasteiger charge is -2.26. The minimum Gasteiger partial charge on any atom is -0.450 e. The van der Waals surface area contributed by atoms with Crippen LogP contribution in [0.25, 0.3) is 11.0 Å². The van der Waals surface area contributed by atoms with Crippen molar-refractivity contribution >= 4 is 32.8 Å². The van der Waals surface area contributed by atoms with E-state index in [4.69, 9.17) is 4.42 Å². The zero-order chi connectivity index (χ0) is 20.5. The first-order valence-corrected chi connectivity index (χ1v) is 10.8. The highest BCUT2D eigenvalue weighted by Crippen LogP contribution is 2.37. The van der Waals surface area contributed by atoms with E-state index >= 15 is 0 Å². The minimum absolute atomic E-state index is 0.137. The molecular formula is C23H24BrN2O3+. The van der Waals surface area contributed by atoms with Crippen LogP contribution in [0.2, 0.25) is 0 Å². The summed E-state index contributed by atoms with van der Waals surface area (Å²) in [6.07, 6.45) is 0. The van der Waals surface area contributed by atoms with Gasteiger partial charge in [-0.25, -0.2) is 0 Å². The van der Waals surface area contributed by atoms with Crippen LogP contribution in [0.4, 0.5) is 0 Å².